The van der Waals surface area contributed by atoms with Crippen molar-refractivity contribution >= 4 is 29.9 Å². The van der Waals surface area contributed by atoms with Gasteiger partial charge in [0.2, 0.25) is 0 Å². The van der Waals surface area contributed by atoms with E-state index >= 15 is 0 Å². The topological polar surface area (TPSA) is 52.1 Å². The van der Waals surface area contributed by atoms with Crippen LogP contribution in [0.3, 0.4) is 0 Å². The lowest BCUT2D eigenvalue weighted by atomic mass is 10.0. The molecule has 0 bridgehead atoms. The highest BCUT2D eigenvalue weighted by molar-refractivity contribution is 14.0. The molecule has 6 nitrogen and oxygen atoms in total. The molecular weight excluding hydrogens is 529 g/mol. The molecule has 0 spiro atoms. The zero-order chi connectivity index (χ0) is 22.0. The highest BCUT2D eigenvalue weighted by atomic mass is 127. The van der Waals surface area contributed by atoms with E-state index in [0.717, 1.165) is 18.7 Å². The molecule has 1 saturated heterocycles. The molecule has 0 aliphatic carbocycles. The normalized spacial score (nSPS) is 16.7. The second-order valence-corrected chi connectivity index (χ2v) is 7.30. The second-order valence-electron chi connectivity index (χ2n) is 7.30. The van der Waals surface area contributed by atoms with Gasteiger partial charge in [-0.25, -0.2) is 4.39 Å². The van der Waals surface area contributed by atoms with E-state index in [1.807, 2.05) is 0 Å². The Morgan fingerprint density at radius 1 is 1.19 bits per heavy atom. The Balaban J connectivity index is 0.00000480. The summed E-state index contributed by atoms with van der Waals surface area (Å²) in [5.74, 6) is 0.300. The maximum atomic E-state index is 13.3. The fourth-order valence-corrected chi connectivity index (χ4v) is 3.39. The summed E-state index contributed by atoms with van der Waals surface area (Å²) in [6, 6.07) is 6.49. The minimum atomic E-state index is -4.19. The SMILES string of the molecule is CN=C(NCCCN(C)CC(F)(F)F)NCC(c1ccc(F)cc1)N1CCOCC1.I. The van der Waals surface area contributed by atoms with Gasteiger partial charge < -0.3 is 15.4 Å². The molecule has 2 rings (SSSR count). The van der Waals surface area contributed by atoms with Crippen LogP contribution >= 0.6 is 24.0 Å². The predicted molar refractivity (Wildman–Crippen MR) is 124 cm³/mol. The largest absolute Gasteiger partial charge is 0.401 e. The van der Waals surface area contributed by atoms with Crippen LogP contribution in [-0.2, 0) is 4.74 Å². The van der Waals surface area contributed by atoms with Crippen molar-refractivity contribution in [2.24, 2.45) is 4.99 Å². The molecule has 1 aromatic rings. The van der Waals surface area contributed by atoms with Gasteiger partial charge in [0.15, 0.2) is 5.96 Å². The average Bonchev–Trinajstić information content (AvgIpc) is 2.70. The summed E-state index contributed by atoms with van der Waals surface area (Å²) in [7, 11) is 3.10. The predicted octanol–water partition coefficient (Wildman–Crippen LogP) is 2.87. The molecule has 1 fully saturated rings. The number of aliphatic imine (C=N–C) groups is 1. The van der Waals surface area contributed by atoms with Gasteiger partial charge >= 0.3 is 6.18 Å². The second kappa shape index (κ2) is 14.1. The van der Waals surface area contributed by atoms with E-state index in [-0.39, 0.29) is 35.8 Å². The van der Waals surface area contributed by atoms with E-state index in [4.69, 9.17) is 4.74 Å². The Morgan fingerprint density at radius 3 is 2.42 bits per heavy atom. The summed E-state index contributed by atoms with van der Waals surface area (Å²) in [5.41, 5.74) is 0.995. The molecule has 2 N–H and O–H groups in total. The molecule has 0 amide bonds. The number of hydrogen-bond acceptors (Lipinski definition) is 4. The lowest BCUT2D eigenvalue weighted by molar-refractivity contribution is -0.143. The third-order valence-electron chi connectivity index (χ3n) is 4.89. The first-order valence-electron chi connectivity index (χ1n) is 10.1. The summed E-state index contributed by atoms with van der Waals surface area (Å²) in [6.45, 7) is 3.32. The van der Waals surface area contributed by atoms with Gasteiger partial charge in [0.25, 0.3) is 0 Å². The minimum Gasteiger partial charge on any atom is -0.379 e. The fraction of sp³-hybridized carbons (Fsp3) is 0.650. The van der Waals surface area contributed by atoms with Crippen LogP contribution in [0.1, 0.15) is 18.0 Å². The molecule has 0 radical (unpaired) electrons. The van der Waals surface area contributed by atoms with Crippen LogP contribution in [0, 0.1) is 5.82 Å². The fourth-order valence-electron chi connectivity index (χ4n) is 3.39. The number of ether oxygens (including phenoxy) is 1. The number of guanidine groups is 1. The summed E-state index contributed by atoms with van der Waals surface area (Å²) >= 11 is 0. The van der Waals surface area contributed by atoms with Gasteiger partial charge in [0.05, 0.1) is 25.8 Å². The highest BCUT2D eigenvalue weighted by Crippen LogP contribution is 2.21. The highest BCUT2D eigenvalue weighted by Gasteiger charge is 2.28. The molecule has 1 atom stereocenters. The van der Waals surface area contributed by atoms with E-state index in [9.17, 15) is 17.6 Å². The van der Waals surface area contributed by atoms with Gasteiger partial charge in [-0.15, -0.1) is 24.0 Å². The molecule has 1 aliphatic rings. The van der Waals surface area contributed by atoms with Gasteiger partial charge in [0.1, 0.15) is 5.82 Å². The molecule has 1 heterocycles. The first-order chi connectivity index (χ1) is 14.3. The third kappa shape index (κ3) is 10.8. The summed E-state index contributed by atoms with van der Waals surface area (Å²) in [5, 5.41) is 6.41. The number of halogens is 5. The Morgan fingerprint density at radius 2 is 1.84 bits per heavy atom. The van der Waals surface area contributed by atoms with Gasteiger partial charge in [-0.2, -0.15) is 13.2 Å². The zero-order valence-electron chi connectivity index (χ0n) is 17.9. The standard InChI is InChI=1S/C20H31F4N5O.HI/c1-25-19(26-8-3-9-28(2)15-20(22,23)24)27-14-18(29-10-12-30-13-11-29)16-4-6-17(21)7-5-16;/h4-7,18H,3,8-15H2,1-2H3,(H2,25,26,27);1H. The Bertz CT molecular complexity index is 654. The van der Waals surface area contributed by atoms with E-state index < -0.39 is 12.7 Å². The monoisotopic (exact) mass is 561 g/mol. The van der Waals surface area contributed by atoms with Crippen molar-refractivity contribution in [2.75, 3.05) is 66.6 Å². The van der Waals surface area contributed by atoms with Crippen LogP contribution < -0.4 is 10.6 Å². The molecule has 1 aliphatic heterocycles. The number of morpholine rings is 1. The van der Waals surface area contributed by atoms with Gasteiger partial charge in [-0.1, -0.05) is 12.1 Å². The van der Waals surface area contributed by atoms with E-state index in [2.05, 4.69) is 20.5 Å². The van der Waals surface area contributed by atoms with Crippen molar-refractivity contribution in [3.8, 4) is 0 Å². The molecule has 1 aromatic carbocycles. The smallest absolute Gasteiger partial charge is 0.379 e. The lowest BCUT2D eigenvalue weighted by Gasteiger charge is -2.35. The van der Waals surface area contributed by atoms with E-state index in [1.54, 1.807) is 19.2 Å². The molecular formula is C20H32F4IN5O. The van der Waals surface area contributed by atoms with E-state index in [0.29, 0.717) is 45.2 Å². The average molecular weight is 561 g/mol. The van der Waals surface area contributed by atoms with Crippen molar-refractivity contribution in [3.63, 3.8) is 0 Å². The number of hydrogen-bond donors (Lipinski definition) is 2. The van der Waals surface area contributed by atoms with Crippen LogP contribution in [0.25, 0.3) is 0 Å². The van der Waals surface area contributed by atoms with Crippen LogP contribution in [-0.4, -0.2) is 88.5 Å². The maximum absolute atomic E-state index is 13.3. The number of nitrogens with zero attached hydrogens (tertiary/aromatic N) is 3. The number of benzene rings is 1. The molecule has 31 heavy (non-hydrogen) atoms. The van der Waals surface area contributed by atoms with Crippen molar-refractivity contribution in [2.45, 2.75) is 18.6 Å². The van der Waals surface area contributed by atoms with Gasteiger partial charge in [0, 0.05) is 33.2 Å². The Kier molecular flexibility index (Phi) is 12.6. The summed E-state index contributed by atoms with van der Waals surface area (Å²) in [4.78, 5) is 7.72. The lowest BCUT2D eigenvalue weighted by Crippen LogP contribution is -2.46. The summed E-state index contributed by atoms with van der Waals surface area (Å²) in [6.07, 6.45) is -3.63. The molecule has 11 heteroatoms. The quantitative estimate of drug-likeness (QED) is 0.160. The molecule has 178 valence electrons. The van der Waals surface area contributed by atoms with Gasteiger partial charge in [-0.05, 0) is 37.7 Å². The summed E-state index contributed by atoms with van der Waals surface area (Å²) < 4.78 is 55.9. The third-order valence-corrected chi connectivity index (χ3v) is 4.89. The Labute approximate surface area is 198 Å². The number of nitrogens with one attached hydrogen (secondary N) is 2. The van der Waals surface area contributed by atoms with E-state index in [1.165, 1.54) is 24.1 Å². The minimum absolute atomic E-state index is 0. The molecule has 1 unspecified atom stereocenters. The van der Waals surface area contributed by atoms with Crippen molar-refractivity contribution < 1.29 is 22.3 Å². The van der Waals surface area contributed by atoms with Crippen molar-refractivity contribution in [3.05, 3.63) is 35.6 Å². The first kappa shape index (κ1) is 27.9. The van der Waals surface area contributed by atoms with Crippen LogP contribution in [0.4, 0.5) is 17.6 Å². The van der Waals surface area contributed by atoms with Crippen LogP contribution in [0.15, 0.2) is 29.3 Å². The van der Waals surface area contributed by atoms with Crippen molar-refractivity contribution in [1.29, 1.82) is 0 Å². The number of rotatable bonds is 9. The van der Waals surface area contributed by atoms with Crippen LogP contribution in [0.2, 0.25) is 0 Å². The number of alkyl halides is 3. The van der Waals surface area contributed by atoms with Crippen LogP contribution in [0.5, 0.6) is 0 Å². The molecule has 0 aromatic heterocycles. The zero-order valence-corrected chi connectivity index (χ0v) is 20.3. The van der Waals surface area contributed by atoms with Crippen molar-refractivity contribution in [1.82, 2.24) is 20.4 Å². The van der Waals surface area contributed by atoms with Gasteiger partial charge in [-0.3, -0.25) is 14.8 Å². The first-order valence-corrected chi connectivity index (χ1v) is 10.1. The molecule has 0 saturated carbocycles. The maximum Gasteiger partial charge on any atom is 0.401 e. The Hall–Kier alpha value is -1.18.